The first-order valence-corrected chi connectivity index (χ1v) is 5.08. The van der Waals surface area contributed by atoms with Gasteiger partial charge in [-0.3, -0.25) is 4.79 Å². The fraction of sp³-hybridized carbons (Fsp3) is 0.300. The molecule has 0 aliphatic carbocycles. The number of hydrogen-bond acceptors (Lipinski definition) is 1. The van der Waals surface area contributed by atoms with Gasteiger partial charge in [-0.1, -0.05) is 22.0 Å². The highest BCUT2D eigenvalue weighted by atomic mass is 79.9. The molecule has 0 bridgehead atoms. The summed E-state index contributed by atoms with van der Waals surface area (Å²) in [7, 11) is 0. The molecular formula is C10H10BrFO. The molecule has 0 N–H and O–H groups in total. The summed E-state index contributed by atoms with van der Waals surface area (Å²) in [5, 5.41) is 0.351. The van der Waals surface area contributed by atoms with Crippen LogP contribution in [0.5, 0.6) is 0 Å². The zero-order valence-electron chi connectivity index (χ0n) is 7.31. The normalized spacial score (nSPS) is 10.1. The molecule has 0 atom stereocenters. The molecule has 70 valence electrons. The van der Waals surface area contributed by atoms with Gasteiger partial charge in [-0.2, -0.15) is 0 Å². The predicted molar refractivity (Wildman–Crippen MR) is 53.6 cm³/mol. The maximum Gasteiger partial charge on any atom is 0.147 e. The third-order valence-electron chi connectivity index (χ3n) is 1.84. The summed E-state index contributed by atoms with van der Waals surface area (Å²) in [5.41, 5.74) is 1.72. The summed E-state index contributed by atoms with van der Waals surface area (Å²) >= 11 is 3.09. The van der Waals surface area contributed by atoms with Crippen LogP contribution < -0.4 is 0 Å². The number of alkyl halides is 1. The van der Waals surface area contributed by atoms with Crippen molar-refractivity contribution in [3.63, 3.8) is 0 Å². The van der Waals surface area contributed by atoms with Crippen molar-refractivity contribution in [2.24, 2.45) is 0 Å². The second-order valence-electron chi connectivity index (χ2n) is 2.92. The van der Waals surface area contributed by atoms with Gasteiger partial charge in [0.05, 0.1) is 5.33 Å². The van der Waals surface area contributed by atoms with E-state index in [1.54, 1.807) is 13.0 Å². The van der Waals surface area contributed by atoms with E-state index in [9.17, 15) is 9.18 Å². The van der Waals surface area contributed by atoms with Gasteiger partial charge in [0.1, 0.15) is 11.6 Å². The maximum atomic E-state index is 12.7. The summed E-state index contributed by atoms with van der Waals surface area (Å²) in [5.74, 6) is -0.151. The molecule has 1 nitrogen and oxygen atoms in total. The van der Waals surface area contributed by atoms with Crippen LogP contribution in [0.3, 0.4) is 0 Å². The van der Waals surface area contributed by atoms with E-state index in [1.807, 2.05) is 0 Å². The first-order chi connectivity index (χ1) is 6.13. The van der Waals surface area contributed by atoms with E-state index >= 15 is 0 Å². The van der Waals surface area contributed by atoms with Gasteiger partial charge in [0.15, 0.2) is 0 Å². The number of benzene rings is 1. The van der Waals surface area contributed by atoms with Gasteiger partial charge in [0, 0.05) is 6.42 Å². The molecule has 0 unspecified atom stereocenters. The van der Waals surface area contributed by atoms with E-state index in [1.165, 1.54) is 12.1 Å². The zero-order chi connectivity index (χ0) is 9.84. The summed E-state index contributed by atoms with van der Waals surface area (Å²) in [6, 6.07) is 4.48. The molecule has 0 aliphatic rings. The lowest BCUT2D eigenvalue weighted by Crippen LogP contribution is -2.04. The largest absolute Gasteiger partial charge is 0.298 e. The Hall–Kier alpha value is -0.700. The number of rotatable bonds is 3. The van der Waals surface area contributed by atoms with E-state index in [0.29, 0.717) is 11.8 Å². The van der Waals surface area contributed by atoms with Crippen molar-refractivity contribution < 1.29 is 9.18 Å². The molecule has 1 rings (SSSR count). The van der Waals surface area contributed by atoms with Crippen LogP contribution in [0.25, 0.3) is 0 Å². The highest BCUT2D eigenvalue weighted by molar-refractivity contribution is 9.09. The van der Waals surface area contributed by atoms with E-state index in [0.717, 1.165) is 11.1 Å². The number of carbonyl (C=O) groups is 1. The minimum absolute atomic E-state index is 0.106. The van der Waals surface area contributed by atoms with Crippen LogP contribution in [0.1, 0.15) is 11.1 Å². The maximum absolute atomic E-state index is 12.7. The zero-order valence-corrected chi connectivity index (χ0v) is 8.90. The van der Waals surface area contributed by atoms with Crippen LogP contribution in [0.4, 0.5) is 4.39 Å². The molecular weight excluding hydrogens is 235 g/mol. The minimum Gasteiger partial charge on any atom is -0.298 e. The number of Topliss-reactive ketones (excluding diaryl/α,β-unsaturated/α-hetero) is 1. The molecule has 1 aromatic carbocycles. The van der Waals surface area contributed by atoms with Crippen molar-refractivity contribution in [2.75, 3.05) is 5.33 Å². The number of carbonyl (C=O) groups excluding carboxylic acids is 1. The predicted octanol–water partition coefficient (Wildman–Crippen LogP) is 2.64. The Bertz CT molecular complexity index is 323. The first-order valence-electron chi connectivity index (χ1n) is 3.96. The van der Waals surface area contributed by atoms with Gasteiger partial charge in [-0.25, -0.2) is 4.39 Å². The molecule has 0 saturated heterocycles. The van der Waals surface area contributed by atoms with Gasteiger partial charge in [0.25, 0.3) is 0 Å². The second kappa shape index (κ2) is 4.51. The Morgan fingerprint density at radius 3 is 2.77 bits per heavy atom. The summed E-state index contributed by atoms with van der Waals surface area (Å²) < 4.78 is 12.7. The van der Waals surface area contributed by atoms with Crippen LogP contribution >= 0.6 is 15.9 Å². The summed E-state index contributed by atoms with van der Waals surface area (Å²) in [4.78, 5) is 11.1. The number of halogens is 2. The third kappa shape index (κ3) is 2.92. The van der Waals surface area contributed by atoms with Gasteiger partial charge in [-0.05, 0) is 30.2 Å². The Kier molecular flexibility index (Phi) is 3.60. The number of hydrogen-bond donors (Lipinski definition) is 0. The highest BCUT2D eigenvalue weighted by Crippen LogP contribution is 2.11. The molecule has 0 aliphatic heterocycles. The van der Waals surface area contributed by atoms with E-state index in [4.69, 9.17) is 0 Å². The van der Waals surface area contributed by atoms with E-state index in [2.05, 4.69) is 15.9 Å². The molecule has 3 heteroatoms. The molecule has 0 amide bonds. The third-order valence-corrected chi connectivity index (χ3v) is 2.47. The van der Waals surface area contributed by atoms with Gasteiger partial charge < -0.3 is 0 Å². The van der Waals surface area contributed by atoms with Crippen molar-refractivity contribution in [3.05, 3.63) is 35.1 Å². The van der Waals surface area contributed by atoms with Gasteiger partial charge >= 0.3 is 0 Å². The van der Waals surface area contributed by atoms with Crippen molar-refractivity contribution in [1.82, 2.24) is 0 Å². The number of aryl methyl sites for hydroxylation is 1. The summed E-state index contributed by atoms with van der Waals surface area (Å²) in [6.45, 7) is 1.81. The molecule has 0 saturated carbocycles. The van der Waals surface area contributed by atoms with Crippen LogP contribution in [0, 0.1) is 12.7 Å². The monoisotopic (exact) mass is 244 g/mol. The van der Waals surface area contributed by atoms with Crippen LogP contribution in [-0.4, -0.2) is 11.1 Å². The average molecular weight is 245 g/mol. The standard InChI is InChI=1S/C10H10BrFO/c1-7-4-9(12)3-2-8(7)5-10(13)6-11/h2-4H,5-6H2,1H3. The topological polar surface area (TPSA) is 17.1 Å². The highest BCUT2D eigenvalue weighted by Gasteiger charge is 2.04. The number of ketones is 1. The van der Waals surface area contributed by atoms with Crippen molar-refractivity contribution in [3.8, 4) is 0 Å². The minimum atomic E-state index is -0.257. The molecule has 0 radical (unpaired) electrons. The molecule has 0 aromatic heterocycles. The Labute approximate surface area is 85.1 Å². The lowest BCUT2D eigenvalue weighted by atomic mass is 10.0. The molecule has 0 fully saturated rings. The van der Waals surface area contributed by atoms with Crippen molar-refractivity contribution in [2.45, 2.75) is 13.3 Å². The fourth-order valence-corrected chi connectivity index (χ4v) is 1.32. The van der Waals surface area contributed by atoms with Crippen LogP contribution in [0.2, 0.25) is 0 Å². The van der Waals surface area contributed by atoms with Crippen molar-refractivity contribution >= 4 is 21.7 Å². The van der Waals surface area contributed by atoms with Gasteiger partial charge in [-0.15, -0.1) is 0 Å². The lowest BCUT2D eigenvalue weighted by molar-refractivity contribution is -0.115. The molecule has 0 heterocycles. The van der Waals surface area contributed by atoms with E-state index in [-0.39, 0.29) is 11.6 Å². The summed E-state index contributed by atoms with van der Waals surface area (Å²) in [6.07, 6.45) is 0.372. The van der Waals surface area contributed by atoms with E-state index < -0.39 is 0 Å². The second-order valence-corrected chi connectivity index (χ2v) is 3.48. The quantitative estimate of drug-likeness (QED) is 0.748. The van der Waals surface area contributed by atoms with Crippen molar-refractivity contribution in [1.29, 1.82) is 0 Å². The Morgan fingerprint density at radius 2 is 2.23 bits per heavy atom. The van der Waals surface area contributed by atoms with Gasteiger partial charge in [0.2, 0.25) is 0 Å². The Balaban J connectivity index is 2.83. The van der Waals surface area contributed by atoms with Crippen LogP contribution in [0.15, 0.2) is 18.2 Å². The molecule has 13 heavy (non-hydrogen) atoms. The molecule has 1 aromatic rings. The molecule has 0 spiro atoms. The SMILES string of the molecule is Cc1cc(F)ccc1CC(=O)CBr. The van der Waals surface area contributed by atoms with Crippen LogP contribution in [-0.2, 0) is 11.2 Å². The smallest absolute Gasteiger partial charge is 0.147 e. The fourth-order valence-electron chi connectivity index (χ4n) is 1.12. The Morgan fingerprint density at radius 1 is 1.54 bits per heavy atom. The lowest BCUT2D eigenvalue weighted by Gasteiger charge is -2.03. The first kappa shape index (κ1) is 10.4. The average Bonchev–Trinajstić information content (AvgIpc) is 2.09.